The second kappa shape index (κ2) is 8.34. The predicted molar refractivity (Wildman–Crippen MR) is 97.9 cm³/mol. The highest BCUT2D eigenvalue weighted by atomic mass is 16.5. The van der Waals surface area contributed by atoms with Crippen LogP contribution in [0.5, 0.6) is 5.75 Å². The van der Waals surface area contributed by atoms with Crippen LogP contribution < -0.4 is 10.1 Å². The molecule has 0 heterocycles. The second-order valence-corrected chi connectivity index (χ2v) is 6.10. The van der Waals surface area contributed by atoms with Crippen LogP contribution in [-0.4, -0.2) is 24.5 Å². The minimum atomic E-state index is -0.971. The molecule has 0 spiro atoms. The van der Waals surface area contributed by atoms with Gasteiger partial charge in [-0.25, -0.2) is 4.79 Å². The Morgan fingerprint density at radius 3 is 2.42 bits per heavy atom. The molecule has 0 aromatic heterocycles. The fraction of sp³-hybridized carbons (Fsp3) is 0.238. The van der Waals surface area contributed by atoms with Crippen LogP contribution in [0.15, 0.2) is 67.3 Å². The lowest BCUT2D eigenvalue weighted by Crippen LogP contribution is -2.33. The molecule has 2 aromatic rings. The topological polar surface area (TPSA) is 64.6 Å². The third-order valence-corrected chi connectivity index (χ3v) is 3.95. The lowest BCUT2D eigenvalue weighted by Gasteiger charge is -2.18. The van der Waals surface area contributed by atoms with Gasteiger partial charge in [-0.2, -0.15) is 0 Å². The van der Waals surface area contributed by atoms with Gasteiger partial charge in [0.15, 0.2) is 0 Å². The maximum Gasteiger partial charge on any atom is 0.339 e. The van der Waals surface area contributed by atoms with Crippen LogP contribution in [0.2, 0.25) is 0 Å². The van der Waals surface area contributed by atoms with E-state index in [4.69, 9.17) is 9.47 Å². The molecule has 0 aliphatic heterocycles. The van der Waals surface area contributed by atoms with Crippen LogP contribution in [-0.2, 0) is 9.53 Å². The van der Waals surface area contributed by atoms with E-state index in [0.29, 0.717) is 23.5 Å². The third kappa shape index (κ3) is 4.72. The number of carbonyl (C=O) groups excluding carboxylic acids is 2. The van der Waals surface area contributed by atoms with Crippen molar-refractivity contribution in [2.45, 2.75) is 25.0 Å². The van der Waals surface area contributed by atoms with Crippen LogP contribution >= 0.6 is 0 Å². The summed E-state index contributed by atoms with van der Waals surface area (Å²) in [6, 6.07) is 15.8. The number of esters is 1. The summed E-state index contributed by atoms with van der Waals surface area (Å²) in [6.45, 7) is 3.98. The molecule has 1 amide bonds. The van der Waals surface area contributed by atoms with Gasteiger partial charge >= 0.3 is 5.97 Å². The Morgan fingerprint density at radius 2 is 1.81 bits per heavy atom. The molecule has 5 nitrogen and oxygen atoms in total. The van der Waals surface area contributed by atoms with Gasteiger partial charge in [-0.3, -0.25) is 4.79 Å². The Kier molecular flexibility index (Phi) is 5.69. The molecule has 134 valence electrons. The van der Waals surface area contributed by atoms with E-state index >= 15 is 0 Å². The van der Waals surface area contributed by atoms with Gasteiger partial charge in [-0.05, 0) is 37.1 Å². The molecule has 0 bridgehead atoms. The van der Waals surface area contributed by atoms with Gasteiger partial charge in [0.25, 0.3) is 5.91 Å². The number of rotatable bonds is 8. The van der Waals surface area contributed by atoms with Crippen LogP contribution in [0.3, 0.4) is 0 Å². The fourth-order valence-corrected chi connectivity index (χ4v) is 2.42. The first-order valence-electron chi connectivity index (χ1n) is 8.57. The number of nitrogens with one attached hydrogen (secondary N) is 1. The summed E-state index contributed by atoms with van der Waals surface area (Å²) >= 11 is 0. The van der Waals surface area contributed by atoms with Gasteiger partial charge in [0.05, 0.1) is 5.56 Å². The molecule has 0 saturated heterocycles. The first-order chi connectivity index (χ1) is 12.7. The van der Waals surface area contributed by atoms with E-state index in [1.807, 2.05) is 18.2 Å². The summed E-state index contributed by atoms with van der Waals surface area (Å²) in [5.74, 6) is -0.217. The molecular formula is C21H21NO4. The molecule has 2 aromatic carbocycles. The zero-order chi connectivity index (χ0) is 18.4. The summed E-state index contributed by atoms with van der Waals surface area (Å²) in [5.41, 5.74) is 1.00. The number of benzene rings is 2. The lowest BCUT2D eigenvalue weighted by atomic mass is 10.1. The first-order valence-corrected chi connectivity index (χ1v) is 8.57. The van der Waals surface area contributed by atoms with Crippen molar-refractivity contribution in [1.29, 1.82) is 0 Å². The highest BCUT2D eigenvalue weighted by Gasteiger charge is 2.31. The lowest BCUT2D eigenvalue weighted by molar-refractivity contribution is -0.130. The van der Waals surface area contributed by atoms with Crippen molar-refractivity contribution in [3.63, 3.8) is 0 Å². The molecule has 0 radical (unpaired) electrons. The van der Waals surface area contributed by atoms with Crippen LogP contribution in [0.4, 0.5) is 0 Å². The van der Waals surface area contributed by atoms with Crippen LogP contribution in [0.1, 0.15) is 34.9 Å². The normalized spacial score (nSPS) is 14.2. The summed E-state index contributed by atoms with van der Waals surface area (Å²) < 4.78 is 10.9. The smallest absolute Gasteiger partial charge is 0.339 e. The Morgan fingerprint density at radius 1 is 1.12 bits per heavy atom. The van der Waals surface area contributed by atoms with Gasteiger partial charge in [-0.1, -0.05) is 43.0 Å². The van der Waals surface area contributed by atoms with Gasteiger partial charge in [0.2, 0.25) is 6.10 Å². The minimum absolute atomic E-state index is 0.189. The number of carbonyl (C=O) groups is 2. The Bertz CT molecular complexity index is 766. The second-order valence-electron chi connectivity index (χ2n) is 6.10. The Labute approximate surface area is 152 Å². The molecule has 1 N–H and O–H groups in total. The number of ether oxygens (including phenoxy) is 2. The van der Waals surface area contributed by atoms with Crippen molar-refractivity contribution in [2.24, 2.45) is 0 Å². The molecule has 1 fully saturated rings. The predicted octanol–water partition coefficient (Wildman–Crippen LogP) is 3.43. The monoisotopic (exact) mass is 351 g/mol. The Hall–Kier alpha value is -3.08. The molecule has 1 saturated carbocycles. The number of hydrogen-bond acceptors (Lipinski definition) is 4. The van der Waals surface area contributed by atoms with Crippen molar-refractivity contribution >= 4 is 11.9 Å². The van der Waals surface area contributed by atoms with Gasteiger partial charge in [0, 0.05) is 11.6 Å². The van der Waals surface area contributed by atoms with Crippen molar-refractivity contribution in [3.05, 3.63) is 78.4 Å². The summed E-state index contributed by atoms with van der Waals surface area (Å²) in [4.78, 5) is 25.0. The van der Waals surface area contributed by atoms with E-state index in [9.17, 15) is 9.59 Å². The van der Waals surface area contributed by atoms with Crippen LogP contribution in [0, 0.1) is 0 Å². The zero-order valence-corrected chi connectivity index (χ0v) is 14.4. The summed E-state index contributed by atoms with van der Waals surface area (Å²) in [6.07, 6.45) is 2.60. The molecule has 1 atom stereocenters. The maximum atomic E-state index is 12.5. The van der Waals surface area contributed by atoms with Gasteiger partial charge in [0.1, 0.15) is 12.4 Å². The van der Waals surface area contributed by atoms with E-state index in [2.05, 4.69) is 11.9 Å². The van der Waals surface area contributed by atoms with E-state index < -0.39 is 12.1 Å². The highest BCUT2D eigenvalue weighted by molar-refractivity contribution is 5.93. The van der Waals surface area contributed by atoms with Gasteiger partial charge < -0.3 is 14.8 Å². The molecule has 5 heteroatoms. The molecule has 26 heavy (non-hydrogen) atoms. The van der Waals surface area contributed by atoms with Crippen molar-refractivity contribution < 1.29 is 19.1 Å². The number of hydrogen-bond donors (Lipinski definition) is 1. The average molecular weight is 351 g/mol. The fourth-order valence-electron chi connectivity index (χ4n) is 2.42. The van der Waals surface area contributed by atoms with Crippen molar-refractivity contribution in [3.8, 4) is 5.75 Å². The minimum Gasteiger partial charge on any atom is -0.490 e. The molecule has 3 rings (SSSR count). The van der Waals surface area contributed by atoms with E-state index in [1.54, 1.807) is 42.5 Å². The third-order valence-electron chi connectivity index (χ3n) is 3.95. The van der Waals surface area contributed by atoms with E-state index in [-0.39, 0.29) is 11.9 Å². The number of amides is 1. The summed E-state index contributed by atoms with van der Waals surface area (Å²) in [7, 11) is 0. The molecule has 1 aliphatic rings. The van der Waals surface area contributed by atoms with Gasteiger partial charge in [-0.15, -0.1) is 0 Å². The quantitative estimate of drug-likeness (QED) is 0.585. The Balaban J connectivity index is 1.71. The van der Waals surface area contributed by atoms with Crippen molar-refractivity contribution in [1.82, 2.24) is 5.32 Å². The average Bonchev–Trinajstić information content (AvgIpc) is 3.49. The highest BCUT2D eigenvalue weighted by Crippen LogP contribution is 2.24. The molecule has 1 aliphatic carbocycles. The molecular weight excluding hydrogens is 330 g/mol. The SMILES string of the molecule is C=CCOc1ccc(C(=O)OC(C(=O)NC2CC2)c2ccccc2)cc1. The van der Waals surface area contributed by atoms with Crippen LogP contribution in [0.25, 0.3) is 0 Å². The maximum absolute atomic E-state index is 12.5. The molecule has 1 unspecified atom stereocenters. The largest absolute Gasteiger partial charge is 0.490 e. The summed E-state index contributed by atoms with van der Waals surface area (Å²) in [5, 5.41) is 2.90. The van der Waals surface area contributed by atoms with E-state index in [0.717, 1.165) is 12.8 Å². The standard InChI is InChI=1S/C21H21NO4/c1-2-14-25-18-12-8-16(9-13-18)21(24)26-19(15-6-4-3-5-7-15)20(23)22-17-10-11-17/h2-9,12-13,17,19H,1,10-11,14H2,(H,22,23). The zero-order valence-electron chi connectivity index (χ0n) is 14.4. The van der Waals surface area contributed by atoms with Crippen molar-refractivity contribution in [2.75, 3.05) is 6.61 Å². The first kappa shape index (κ1) is 17.7. The van der Waals surface area contributed by atoms with E-state index in [1.165, 1.54) is 0 Å².